The highest BCUT2D eigenvalue weighted by Crippen LogP contribution is 2.27. The van der Waals surface area contributed by atoms with Crippen molar-refractivity contribution in [1.82, 2.24) is 9.55 Å². The lowest BCUT2D eigenvalue weighted by Crippen LogP contribution is -2.20. The summed E-state index contributed by atoms with van der Waals surface area (Å²) in [6.07, 6.45) is 0.994. The molecule has 5 nitrogen and oxygen atoms in total. The maximum absolute atomic E-state index is 13.8. The molecule has 0 saturated carbocycles. The molecule has 1 heterocycles. The van der Waals surface area contributed by atoms with Gasteiger partial charge in [-0.3, -0.25) is 4.79 Å². The first-order chi connectivity index (χ1) is 13.3. The molecule has 1 aromatic heterocycles. The molecule has 0 unspecified atom stereocenters. The van der Waals surface area contributed by atoms with Crippen LogP contribution in [0.5, 0.6) is 5.75 Å². The molecule has 1 N–H and O–H groups in total. The third-order valence-corrected chi connectivity index (χ3v) is 4.15. The highest BCUT2D eigenvalue weighted by Gasteiger charge is 2.13. The minimum absolute atomic E-state index is 0.00450. The molecule has 146 valence electrons. The van der Waals surface area contributed by atoms with E-state index in [9.17, 15) is 18.0 Å². The molecule has 8 heteroatoms. The maximum atomic E-state index is 13.8. The van der Waals surface area contributed by atoms with Crippen molar-refractivity contribution in [3.63, 3.8) is 0 Å². The van der Waals surface area contributed by atoms with Gasteiger partial charge in [0.2, 0.25) is 11.8 Å². The third-order valence-electron chi connectivity index (χ3n) is 4.15. The lowest BCUT2D eigenvalue weighted by atomic mass is 10.1. The Morgan fingerprint density at radius 3 is 2.50 bits per heavy atom. The second-order valence-electron chi connectivity index (χ2n) is 6.41. The minimum Gasteiger partial charge on any atom is -0.494 e. The standard InChI is InChI=1S/C20H18F3N3O2/c1-11-4-13(7-14(21)5-11)9-26-10-16(23)19(27)25-20(26)24-17-8-18(28-3)15(22)6-12(17)2/h4-8,10H,9H2,1-3H3,(H,24,25,27). The Bertz CT molecular complexity index is 1080. The number of hydrogen-bond donors (Lipinski definition) is 1. The van der Waals surface area contributed by atoms with Crippen LogP contribution in [0.15, 0.2) is 41.3 Å². The SMILES string of the molecule is COc1cc(Nc2nc(=O)c(F)cn2Cc2cc(C)cc(F)c2)c(C)cc1F. The van der Waals surface area contributed by atoms with Crippen LogP contribution >= 0.6 is 0 Å². The zero-order valence-corrected chi connectivity index (χ0v) is 15.5. The quantitative estimate of drug-likeness (QED) is 0.715. The Hall–Kier alpha value is -3.29. The maximum Gasteiger partial charge on any atom is 0.310 e. The fourth-order valence-corrected chi connectivity index (χ4v) is 2.85. The van der Waals surface area contributed by atoms with Crippen molar-refractivity contribution in [1.29, 1.82) is 0 Å². The average Bonchev–Trinajstić information content (AvgIpc) is 2.60. The van der Waals surface area contributed by atoms with E-state index in [1.807, 2.05) is 0 Å². The van der Waals surface area contributed by atoms with Crippen LogP contribution in [-0.2, 0) is 6.54 Å². The fourth-order valence-electron chi connectivity index (χ4n) is 2.85. The zero-order chi connectivity index (χ0) is 20.4. The van der Waals surface area contributed by atoms with Gasteiger partial charge in [0.25, 0.3) is 0 Å². The van der Waals surface area contributed by atoms with Gasteiger partial charge in [-0.1, -0.05) is 6.07 Å². The molecule has 3 rings (SSSR count). The van der Waals surface area contributed by atoms with Gasteiger partial charge in [-0.05, 0) is 48.7 Å². The number of ether oxygens (including phenoxy) is 1. The highest BCUT2D eigenvalue weighted by atomic mass is 19.1. The number of rotatable bonds is 5. The monoisotopic (exact) mass is 389 g/mol. The molecule has 0 atom stereocenters. The second-order valence-corrected chi connectivity index (χ2v) is 6.41. The van der Waals surface area contributed by atoms with Gasteiger partial charge in [-0.2, -0.15) is 9.37 Å². The van der Waals surface area contributed by atoms with E-state index in [1.54, 1.807) is 19.9 Å². The lowest BCUT2D eigenvalue weighted by molar-refractivity contribution is 0.386. The van der Waals surface area contributed by atoms with E-state index >= 15 is 0 Å². The summed E-state index contributed by atoms with van der Waals surface area (Å²) in [5, 5.41) is 2.91. The topological polar surface area (TPSA) is 56.1 Å². The summed E-state index contributed by atoms with van der Waals surface area (Å²) in [6.45, 7) is 3.47. The van der Waals surface area contributed by atoms with Gasteiger partial charge in [-0.15, -0.1) is 0 Å². The normalized spacial score (nSPS) is 10.8. The first-order valence-corrected chi connectivity index (χ1v) is 8.41. The van der Waals surface area contributed by atoms with E-state index in [0.29, 0.717) is 22.4 Å². The molecule has 0 saturated heterocycles. The molecule has 0 aliphatic carbocycles. The first kappa shape index (κ1) is 19.5. The number of halogens is 3. The number of hydrogen-bond acceptors (Lipinski definition) is 4. The first-order valence-electron chi connectivity index (χ1n) is 8.41. The third kappa shape index (κ3) is 4.16. The summed E-state index contributed by atoms with van der Waals surface area (Å²) in [5.74, 6) is -1.95. The number of nitrogens with one attached hydrogen (secondary N) is 1. The summed E-state index contributed by atoms with van der Waals surface area (Å²) in [7, 11) is 1.33. The molecule has 0 amide bonds. The average molecular weight is 389 g/mol. The molecule has 0 spiro atoms. The summed E-state index contributed by atoms with van der Waals surface area (Å²) >= 11 is 0. The Labute approximate surface area is 159 Å². The number of anilines is 2. The Morgan fingerprint density at radius 1 is 1.07 bits per heavy atom. The second kappa shape index (κ2) is 7.75. The molecule has 2 aromatic carbocycles. The van der Waals surface area contributed by atoms with Gasteiger partial charge in [0.15, 0.2) is 11.6 Å². The Kier molecular flexibility index (Phi) is 5.39. The zero-order valence-electron chi connectivity index (χ0n) is 15.5. The van der Waals surface area contributed by atoms with E-state index in [4.69, 9.17) is 4.74 Å². The predicted molar refractivity (Wildman–Crippen MR) is 99.7 cm³/mol. The van der Waals surface area contributed by atoms with Crippen LogP contribution in [0.2, 0.25) is 0 Å². The van der Waals surface area contributed by atoms with Crippen molar-refractivity contribution in [2.24, 2.45) is 0 Å². The van der Waals surface area contributed by atoms with Crippen molar-refractivity contribution in [3.8, 4) is 5.75 Å². The van der Waals surface area contributed by atoms with E-state index in [-0.39, 0.29) is 18.2 Å². The van der Waals surface area contributed by atoms with Crippen molar-refractivity contribution < 1.29 is 17.9 Å². The van der Waals surface area contributed by atoms with Crippen molar-refractivity contribution in [2.75, 3.05) is 12.4 Å². The van der Waals surface area contributed by atoms with E-state index in [0.717, 1.165) is 6.20 Å². The minimum atomic E-state index is -1.04. The molecular formula is C20H18F3N3O2. The highest BCUT2D eigenvalue weighted by molar-refractivity contribution is 5.61. The van der Waals surface area contributed by atoms with Crippen molar-refractivity contribution in [3.05, 3.63) is 81.0 Å². The Balaban J connectivity index is 2.04. The van der Waals surface area contributed by atoms with Crippen LogP contribution in [-0.4, -0.2) is 16.7 Å². The van der Waals surface area contributed by atoms with Crippen LogP contribution in [0.25, 0.3) is 0 Å². The van der Waals surface area contributed by atoms with Crippen LogP contribution in [0.3, 0.4) is 0 Å². The molecule has 0 radical (unpaired) electrons. The van der Waals surface area contributed by atoms with Crippen LogP contribution in [0.4, 0.5) is 24.8 Å². The predicted octanol–water partition coefficient (Wildman–Crippen LogP) is 4.08. The summed E-state index contributed by atoms with van der Waals surface area (Å²) in [4.78, 5) is 15.4. The largest absolute Gasteiger partial charge is 0.494 e. The molecule has 3 aromatic rings. The van der Waals surface area contributed by atoms with Gasteiger partial charge in [-0.25, -0.2) is 8.78 Å². The fraction of sp³-hybridized carbons (Fsp3) is 0.200. The molecule has 0 aliphatic rings. The van der Waals surface area contributed by atoms with Gasteiger partial charge in [0.1, 0.15) is 5.82 Å². The number of nitrogens with zero attached hydrogens (tertiary/aromatic N) is 2. The molecule has 0 bridgehead atoms. The van der Waals surface area contributed by atoms with Gasteiger partial charge >= 0.3 is 5.56 Å². The summed E-state index contributed by atoms with van der Waals surface area (Å²) < 4.78 is 47.7. The lowest BCUT2D eigenvalue weighted by Gasteiger charge is -2.16. The molecule has 0 fully saturated rings. The number of methoxy groups -OCH3 is 1. The van der Waals surface area contributed by atoms with Gasteiger partial charge < -0.3 is 14.6 Å². The Morgan fingerprint density at radius 2 is 1.82 bits per heavy atom. The van der Waals surface area contributed by atoms with Crippen LogP contribution in [0.1, 0.15) is 16.7 Å². The number of benzene rings is 2. The smallest absolute Gasteiger partial charge is 0.310 e. The van der Waals surface area contributed by atoms with Gasteiger partial charge in [0, 0.05) is 18.0 Å². The van der Waals surface area contributed by atoms with E-state index in [1.165, 1.54) is 35.9 Å². The molecule has 28 heavy (non-hydrogen) atoms. The van der Waals surface area contributed by atoms with Gasteiger partial charge in [0.05, 0.1) is 13.7 Å². The molecule has 0 aliphatic heterocycles. The summed E-state index contributed by atoms with van der Waals surface area (Å²) in [6, 6.07) is 7.12. The van der Waals surface area contributed by atoms with E-state index < -0.39 is 23.0 Å². The van der Waals surface area contributed by atoms with Crippen molar-refractivity contribution >= 4 is 11.6 Å². The van der Waals surface area contributed by atoms with Crippen molar-refractivity contribution in [2.45, 2.75) is 20.4 Å². The summed E-state index contributed by atoms with van der Waals surface area (Å²) in [5.41, 5.74) is 1.20. The molecular weight excluding hydrogens is 371 g/mol. The van der Waals surface area contributed by atoms with Crippen LogP contribution in [0, 0.1) is 31.3 Å². The number of aromatic nitrogens is 2. The number of aryl methyl sites for hydroxylation is 2. The van der Waals surface area contributed by atoms with E-state index in [2.05, 4.69) is 10.3 Å². The van der Waals surface area contributed by atoms with Crippen LogP contribution < -0.4 is 15.6 Å².